The minimum atomic E-state index is -4.35. The zero-order valence-electron chi connectivity index (χ0n) is 24.8. The van der Waals surface area contributed by atoms with Crippen molar-refractivity contribution in [2.45, 2.75) is 41.0 Å². The quantitative estimate of drug-likeness (QED) is 0.119. The number of aromatic nitrogens is 1. The number of anilines is 1. The Kier molecular flexibility index (Phi) is 9.19. The van der Waals surface area contributed by atoms with Crippen molar-refractivity contribution in [2.75, 3.05) is 11.4 Å². The van der Waals surface area contributed by atoms with Crippen molar-refractivity contribution in [3.8, 4) is 0 Å². The molecule has 6 rings (SSSR count). The van der Waals surface area contributed by atoms with Gasteiger partial charge in [-0.05, 0) is 66.5 Å². The molecule has 236 valence electrons. The number of hydrogen-bond acceptors (Lipinski definition) is 7. The number of hydrogen-bond donors (Lipinski definition) is 2. The molecule has 1 aliphatic heterocycles. The van der Waals surface area contributed by atoms with Crippen LogP contribution in [0.2, 0.25) is 0 Å². The number of rotatable bonds is 10. The molecule has 5 aromatic rings. The average Bonchev–Trinajstić information content (AvgIpc) is 3.54. The molecule has 2 N–H and O–H groups in total. The zero-order chi connectivity index (χ0) is 32.5. The highest BCUT2D eigenvalue weighted by molar-refractivity contribution is 8.03. The van der Waals surface area contributed by atoms with Gasteiger partial charge in [-0.25, -0.2) is 0 Å². The Bertz CT molecular complexity index is 2220. The molecule has 0 amide bonds. The van der Waals surface area contributed by atoms with Crippen LogP contribution in [0.4, 0.5) is 5.69 Å². The van der Waals surface area contributed by atoms with Gasteiger partial charge < -0.3 is 4.90 Å². The van der Waals surface area contributed by atoms with Gasteiger partial charge in [-0.3, -0.25) is 9.11 Å². The maximum atomic E-state index is 12.0. The maximum absolute atomic E-state index is 12.0. The fourth-order valence-electron chi connectivity index (χ4n) is 5.60. The van der Waals surface area contributed by atoms with E-state index >= 15 is 0 Å². The highest BCUT2D eigenvalue weighted by atomic mass is 32.2. The first-order valence-corrected chi connectivity index (χ1v) is 19.0. The molecule has 8 nitrogen and oxygen atoms in total. The van der Waals surface area contributed by atoms with Gasteiger partial charge in [0.15, 0.2) is 6.54 Å². The molecule has 1 aromatic heterocycles. The molecular weight excluding hydrogens is 661 g/mol. The molecule has 0 bridgehead atoms. The van der Waals surface area contributed by atoms with Crippen LogP contribution in [-0.2, 0) is 39.6 Å². The van der Waals surface area contributed by atoms with Crippen LogP contribution in [0, 0.1) is 0 Å². The predicted octanol–water partition coefficient (Wildman–Crippen LogP) is 7.02. The minimum Gasteiger partial charge on any atom is -0.335 e. The van der Waals surface area contributed by atoms with Gasteiger partial charge in [0, 0.05) is 30.0 Å². The molecule has 12 heteroatoms. The first-order valence-electron chi connectivity index (χ1n) is 14.5. The maximum Gasteiger partial charge on any atom is 0.294 e. The van der Waals surface area contributed by atoms with E-state index in [0.29, 0.717) is 37.1 Å². The predicted molar refractivity (Wildman–Crippen MR) is 183 cm³/mol. The molecule has 2 heterocycles. The summed E-state index contributed by atoms with van der Waals surface area (Å²) in [6.45, 7) is 3.04. The highest BCUT2D eigenvalue weighted by Crippen LogP contribution is 2.46. The van der Waals surface area contributed by atoms with Gasteiger partial charge in [-0.15, -0.1) is 0 Å². The molecule has 0 fully saturated rings. The van der Waals surface area contributed by atoms with Crippen LogP contribution in [0.3, 0.4) is 0 Å². The van der Waals surface area contributed by atoms with Crippen molar-refractivity contribution in [2.24, 2.45) is 0 Å². The normalized spacial score (nSPS) is 14.7. The van der Waals surface area contributed by atoms with Crippen molar-refractivity contribution in [3.63, 3.8) is 0 Å². The van der Waals surface area contributed by atoms with Crippen molar-refractivity contribution in [1.82, 2.24) is 0 Å². The minimum absolute atomic E-state index is 0.0785. The van der Waals surface area contributed by atoms with Crippen LogP contribution in [-0.4, -0.2) is 32.5 Å². The molecule has 0 unspecified atom stereocenters. The van der Waals surface area contributed by atoms with Gasteiger partial charge in [0.2, 0.25) is 5.52 Å². The molecule has 0 spiro atoms. The average molecular weight is 692 g/mol. The molecule has 0 aliphatic carbocycles. The number of benzene rings is 4. The van der Waals surface area contributed by atoms with Gasteiger partial charge in [0.25, 0.3) is 25.2 Å². The fourth-order valence-corrected chi connectivity index (χ4v) is 9.50. The van der Waals surface area contributed by atoms with Gasteiger partial charge in [0.1, 0.15) is 4.70 Å². The molecule has 46 heavy (non-hydrogen) atoms. The Morgan fingerprint density at radius 3 is 2.07 bits per heavy atom. The summed E-state index contributed by atoms with van der Waals surface area (Å²) < 4.78 is 70.7. The van der Waals surface area contributed by atoms with Crippen molar-refractivity contribution < 1.29 is 30.5 Å². The largest absolute Gasteiger partial charge is 0.335 e. The van der Waals surface area contributed by atoms with Crippen molar-refractivity contribution in [3.05, 3.63) is 130 Å². The Balaban J connectivity index is 1.32. The van der Waals surface area contributed by atoms with Gasteiger partial charge >= 0.3 is 0 Å². The SMILES string of the molecule is CC(=Cc1sc2ccccc2[n+]1CCc1ccccc1S(=O)(=O)O)C=C1Sc2ccccc2N1CCc1ccccc1S(=O)(=O)O. The van der Waals surface area contributed by atoms with Crippen LogP contribution in [0.5, 0.6) is 0 Å². The molecule has 0 radical (unpaired) electrons. The second-order valence-corrected chi connectivity index (χ2v) is 15.7. The molecule has 1 aliphatic rings. The third-order valence-corrected chi connectivity index (χ3v) is 11.8. The summed E-state index contributed by atoms with van der Waals surface area (Å²) in [7, 11) is -8.69. The van der Waals surface area contributed by atoms with Crippen molar-refractivity contribution >= 4 is 65.3 Å². The van der Waals surface area contributed by atoms with Gasteiger partial charge in [-0.1, -0.05) is 83.8 Å². The number of fused-ring (bicyclic) bond motifs is 2. The van der Waals surface area contributed by atoms with Crippen LogP contribution in [0.1, 0.15) is 23.1 Å². The topological polar surface area (TPSA) is 116 Å². The van der Waals surface area contributed by atoms with E-state index in [1.165, 1.54) is 12.1 Å². The smallest absolute Gasteiger partial charge is 0.294 e. The lowest BCUT2D eigenvalue weighted by Gasteiger charge is -2.21. The third-order valence-electron chi connectivity index (χ3n) is 7.69. The Morgan fingerprint density at radius 2 is 1.37 bits per heavy atom. The molecule has 0 saturated heterocycles. The lowest BCUT2D eigenvalue weighted by Crippen LogP contribution is -2.36. The second-order valence-electron chi connectivity index (χ2n) is 10.8. The number of para-hydroxylation sites is 2. The van der Waals surface area contributed by atoms with E-state index in [0.717, 1.165) is 36.4 Å². The summed E-state index contributed by atoms with van der Waals surface area (Å²) in [5.41, 5.74) is 4.16. The van der Waals surface area contributed by atoms with E-state index in [-0.39, 0.29) is 9.79 Å². The van der Waals surface area contributed by atoms with Crippen LogP contribution in [0.25, 0.3) is 16.3 Å². The number of aryl methyl sites for hydroxylation is 2. The standard InChI is InChI=1S/C34H30N2O6S4/c1-24(22-33-35(27-12-4-6-14-29(27)43-33)20-18-25-10-2-8-16-31(25)45(37,38)39)23-34-36(28-13-5-7-15-30(28)44-34)21-19-26-11-3-9-17-32(26)46(40,41)42/h2-17,22-23H,18-21H2,1H3,(H-,37,38,39,40,41,42)/p+1. The van der Waals surface area contributed by atoms with Crippen molar-refractivity contribution in [1.29, 1.82) is 0 Å². The third kappa shape index (κ3) is 6.97. The number of nitrogens with zero attached hydrogens (tertiary/aromatic N) is 2. The zero-order valence-corrected chi connectivity index (χ0v) is 28.0. The lowest BCUT2D eigenvalue weighted by molar-refractivity contribution is -0.668. The summed E-state index contributed by atoms with van der Waals surface area (Å²) in [6, 6.07) is 29.1. The first-order chi connectivity index (χ1) is 22.0. The molecule has 0 atom stereocenters. The van der Waals surface area contributed by atoms with E-state index in [1.807, 2.05) is 43.3 Å². The van der Waals surface area contributed by atoms with E-state index in [9.17, 15) is 25.9 Å². The molecule has 0 saturated carbocycles. The molecular formula is C34H31N2O6S4+. The molecule has 4 aromatic carbocycles. The van der Waals surface area contributed by atoms with Crippen LogP contribution >= 0.6 is 23.1 Å². The van der Waals surface area contributed by atoms with E-state index in [2.05, 4.69) is 33.8 Å². The second kappa shape index (κ2) is 13.1. The summed E-state index contributed by atoms with van der Waals surface area (Å²) in [6.07, 6.45) is 5.04. The number of allylic oxidation sites excluding steroid dienone is 2. The Morgan fingerprint density at radius 1 is 0.783 bits per heavy atom. The summed E-state index contributed by atoms with van der Waals surface area (Å²) in [5, 5.41) is 1.99. The summed E-state index contributed by atoms with van der Waals surface area (Å²) in [4.78, 5) is 3.11. The van der Waals surface area contributed by atoms with E-state index in [4.69, 9.17) is 0 Å². The number of thioether (sulfide) groups is 1. The van der Waals surface area contributed by atoms with Gasteiger partial charge in [0.05, 0.1) is 20.5 Å². The Labute approximate surface area is 276 Å². The van der Waals surface area contributed by atoms with Gasteiger partial charge in [-0.2, -0.15) is 21.4 Å². The van der Waals surface area contributed by atoms with Crippen LogP contribution in [0.15, 0.2) is 128 Å². The summed E-state index contributed by atoms with van der Waals surface area (Å²) in [5.74, 6) is 0. The summed E-state index contributed by atoms with van der Waals surface area (Å²) >= 11 is 3.29. The number of thiazole rings is 1. The Hall–Kier alpha value is -3.78. The first kappa shape index (κ1) is 32.2. The monoisotopic (exact) mass is 691 g/mol. The van der Waals surface area contributed by atoms with E-state index in [1.54, 1.807) is 59.5 Å². The lowest BCUT2D eigenvalue weighted by atomic mass is 10.1. The van der Waals surface area contributed by atoms with E-state index < -0.39 is 20.2 Å². The fraction of sp³-hybridized carbons (Fsp3) is 0.147. The van der Waals surface area contributed by atoms with Crippen LogP contribution < -0.4 is 9.47 Å². The highest BCUT2D eigenvalue weighted by Gasteiger charge is 2.26.